The van der Waals surface area contributed by atoms with Crippen LogP contribution in [0.4, 0.5) is 0 Å². The van der Waals surface area contributed by atoms with E-state index in [2.05, 4.69) is 30.2 Å². The maximum atomic E-state index is 5.88. The van der Waals surface area contributed by atoms with Crippen LogP contribution in [0, 0.1) is 0 Å². The fourth-order valence-electron chi connectivity index (χ4n) is 1.88. The van der Waals surface area contributed by atoms with E-state index in [-0.39, 0.29) is 0 Å². The molecule has 2 N–H and O–H groups in total. The molecule has 0 aromatic heterocycles. The second-order valence-corrected chi connectivity index (χ2v) is 4.27. The third kappa shape index (κ3) is 2.83. The highest BCUT2D eigenvalue weighted by atomic mass is 32.1. The summed E-state index contributed by atoms with van der Waals surface area (Å²) in [6.45, 7) is 2.11. The Labute approximate surface area is 85.7 Å². The minimum Gasteiger partial charge on any atom is -0.326 e. The molecule has 1 rings (SSSR count). The number of likely N-dealkylation sites (tertiary alicyclic amines) is 1. The summed E-state index contributed by atoms with van der Waals surface area (Å²) in [6, 6.07) is 1.03. The number of hydrogen-bond donors (Lipinski definition) is 3. The van der Waals surface area contributed by atoms with Gasteiger partial charge in [0, 0.05) is 30.9 Å². The molecule has 4 heteroatoms. The number of hydrogen-bond acceptors (Lipinski definition) is 4. The quantitative estimate of drug-likeness (QED) is 0.589. The molecule has 1 fully saturated rings. The topological polar surface area (TPSA) is 29.3 Å². The zero-order chi connectivity index (χ0) is 8.97. The van der Waals surface area contributed by atoms with Crippen molar-refractivity contribution in [1.29, 1.82) is 0 Å². The molecule has 0 aromatic carbocycles. The van der Waals surface area contributed by atoms with E-state index in [4.69, 9.17) is 5.73 Å². The molecule has 0 amide bonds. The van der Waals surface area contributed by atoms with Gasteiger partial charge in [0.1, 0.15) is 0 Å². The van der Waals surface area contributed by atoms with Crippen LogP contribution in [0.3, 0.4) is 0 Å². The predicted molar refractivity (Wildman–Crippen MR) is 60.3 cm³/mol. The van der Waals surface area contributed by atoms with Crippen molar-refractivity contribution in [2.24, 2.45) is 5.73 Å². The fraction of sp³-hybridized carbons (Fsp3) is 1.00. The van der Waals surface area contributed by atoms with Gasteiger partial charge >= 0.3 is 0 Å². The van der Waals surface area contributed by atoms with E-state index in [1.54, 1.807) is 0 Å². The van der Waals surface area contributed by atoms with Crippen LogP contribution in [-0.4, -0.2) is 41.6 Å². The van der Waals surface area contributed by atoms with E-state index in [1.165, 1.54) is 0 Å². The first kappa shape index (κ1) is 10.7. The van der Waals surface area contributed by atoms with Crippen LogP contribution in [0.15, 0.2) is 0 Å². The summed E-state index contributed by atoms with van der Waals surface area (Å²) in [7, 11) is 0. The van der Waals surface area contributed by atoms with Gasteiger partial charge in [0.25, 0.3) is 0 Å². The van der Waals surface area contributed by atoms with Gasteiger partial charge in [-0.2, -0.15) is 25.3 Å². The highest BCUT2D eigenvalue weighted by molar-refractivity contribution is 7.80. The first-order valence-corrected chi connectivity index (χ1v) is 5.75. The summed E-state index contributed by atoms with van der Waals surface area (Å²) in [4.78, 5) is 2.44. The lowest BCUT2D eigenvalue weighted by atomic mass is 10.1. The molecular formula is C8H18N2S2. The van der Waals surface area contributed by atoms with Gasteiger partial charge in [-0.15, -0.1) is 0 Å². The summed E-state index contributed by atoms with van der Waals surface area (Å²) in [5.74, 6) is 1.89. The van der Waals surface area contributed by atoms with Gasteiger partial charge < -0.3 is 5.73 Å². The van der Waals surface area contributed by atoms with Crippen LogP contribution in [-0.2, 0) is 0 Å². The molecular weight excluding hydrogens is 188 g/mol. The Kier molecular flexibility index (Phi) is 4.79. The Balaban J connectivity index is 2.36. The lowest BCUT2D eigenvalue weighted by molar-refractivity contribution is 0.264. The van der Waals surface area contributed by atoms with Crippen molar-refractivity contribution >= 4 is 25.3 Å². The third-order valence-corrected chi connectivity index (χ3v) is 2.87. The minimum atomic E-state index is 0.370. The van der Waals surface area contributed by atoms with Crippen molar-refractivity contribution in [2.75, 3.05) is 24.6 Å². The van der Waals surface area contributed by atoms with Crippen molar-refractivity contribution in [3.8, 4) is 0 Å². The van der Waals surface area contributed by atoms with E-state index in [1.807, 2.05) is 0 Å². The molecule has 0 aromatic rings. The Morgan fingerprint density at radius 1 is 1.33 bits per heavy atom. The average molecular weight is 206 g/mol. The lowest BCUT2D eigenvalue weighted by Gasteiger charge is -2.22. The zero-order valence-electron chi connectivity index (χ0n) is 7.32. The molecule has 0 aliphatic carbocycles. The Bertz CT molecular complexity index is 118. The van der Waals surface area contributed by atoms with Gasteiger partial charge in [0.15, 0.2) is 0 Å². The molecule has 1 saturated heterocycles. The van der Waals surface area contributed by atoms with Gasteiger partial charge in [-0.1, -0.05) is 0 Å². The van der Waals surface area contributed by atoms with Gasteiger partial charge in [0.05, 0.1) is 0 Å². The summed E-state index contributed by atoms with van der Waals surface area (Å²) >= 11 is 8.48. The third-order valence-electron chi connectivity index (χ3n) is 2.41. The molecule has 1 aliphatic heterocycles. The van der Waals surface area contributed by atoms with E-state index >= 15 is 0 Å². The summed E-state index contributed by atoms with van der Waals surface area (Å²) in [6.07, 6.45) is 2.29. The molecule has 0 saturated carbocycles. The average Bonchev–Trinajstić information content (AvgIpc) is 2.33. The molecule has 0 spiro atoms. The van der Waals surface area contributed by atoms with Gasteiger partial charge in [-0.3, -0.25) is 4.90 Å². The Morgan fingerprint density at radius 2 is 2.08 bits per heavy atom. The number of nitrogens with two attached hydrogens (primary N) is 1. The van der Waals surface area contributed by atoms with Crippen molar-refractivity contribution < 1.29 is 0 Å². The summed E-state index contributed by atoms with van der Waals surface area (Å²) in [5.41, 5.74) is 5.88. The Morgan fingerprint density at radius 3 is 2.67 bits per heavy atom. The Hall–Kier alpha value is 0.620. The maximum Gasteiger partial charge on any atom is 0.0182 e. The highest BCUT2D eigenvalue weighted by Crippen LogP contribution is 2.19. The molecule has 0 radical (unpaired) electrons. The van der Waals surface area contributed by atoms with Crippen molar-refractivity contribution in [3.05, 3.63) is 0 Å². The maximum absolute atomic E-state index is 5.88. The van der Waals surface area contributed by atoms with Crippen LogP contribution in [0.5, 0.6) is 0 Å². The second kappa shape index (κ2) is 5.37. The predicted octanol–water partition coefficient (Wildman–Crippen LogP) is 0.638. The van der Waals surface area contributed by atoms with Gasteiger partial charge in [-0.05, 0) is 18.6 Å². The number of nitrogens with zero attached hydrogens (tertiary/aromatic N) is 1. The number of thiol groups is 2. The molecule has 2 unspecified atom stereocenters. The molecule has 2 atom stereocenters. The smallest absolute Gasteiger partial charge is 0.0182 e. The zero-order valence-corrected chi connectivity index (χ0v) is 9.11. The van der Waals surface area contributed by atoms with E-state index in [0.717, 1.165) is 37.4 Å². The van der Waals surface area contributed by atoms with Crippen molar-refractivity contribution in [1.82, 2.24) is 4.90 Å². The van der Waals surface area contributed by atoms with Crippen molar-refractivity contribution in [3.63, 3.8) is 0 Å². The van der Waals surface area contributed by atoms with Gasteiger partial charge in [-0.25, -0.2) is 0 Å². The van der Waals surface area contributed by atoms with Crippen LogP contribution >= 0.6 is 25.3 Å². The molecule has 1 heterocycles. The van der Waals surface area contributed by atoms with Crippen LogP contribution in [0.25, 0.3) is 0 Å². The molecule has 2 nitrogen and oxygen atoms in total. The van der Waals surface area contributed by atoms with Crippen LogP contribution in [0.2, 0.25) is 0 Å². The molecule has 12 heavy (non-hydrogen) atoms. The number of rotatable bonds is 4. The largest absolute Gasteiger partial charge is 0.326 e. The lowest BCUT2D eigenvalue weighted by Crippen LogP contribution is -2.32. The van der Waals surface area contributed by atoms with Crippen molar-refractivity contribution in [2.45, 2.75) is 24.9 Å². The normalized spacial score (nSPS) is 31.2. The second-order valence-electron chi connectivity index (χ2n) is 3.38. The van der Waals surface area contributed by atoms with E-state index in [9.17, 15) is 0 Å². The first-order chi connectivity index (χ1) is 5.77. The standard InChI is InChI=1S/C8H18N2S2/c9-7-5-8(1-3-11)10(6-7)2-4-12/h7-8,11-12H,1-6,9H2. The SMILES string of the molecule is NC1CC(CCS)N(CCS)C1. The van der Waals surface area contributed by atoms with Crippen LogP contribution < -0.4 is 5.73 Å². The first-order valence-electron chi connectivity index (χ1n) is 4.49. The van der Waals surface area contributed by atoms with E-state index in [0.29, 0.717) is 12.1 Å². The molecule has 72 valence electrons. The monoisotopic (exact) mass is 206 g/mol. The van der Waals surface area contributed by atoms with E-state index < -0.39 is 0 Å². The fourth-order valence-corrected chi connectivity index (χ4v) is 2.43. The molecule has 0 bridgehead atoms. The summed E-state index contributed by atoms with van der Waals surface area (Å²) in [5, 5.41) is 0. The van der Waals surface area contributed by atoms with Crippen LogP contribution in [0.1, 0.15) is 12.8 Å². The minimum absolute atomic E-state index is 0.370. The highest BCUT2D eigenvalue weighted by Gasteiger charge is 2.28. The molecule has 1 aliphatic rings. The summed E-state index contributed by atoms with van der Waals surface area (Å²) < 4.78 is 0. The van der Waals surface area contributed by atoms with Gasteiger partial charge in [0.2, 0.25) is 0 Å².